The van der Waals surface area contributed by atoms with Crippen molar-refractivity contribution in [1.29, 1.82) is 0 Å². The number of nitrogens with two attached hydrogens (primary N) is 1. The Labute approximate surface area is 146 Å². The number of hydrogen-bond acceptors (Lipinski definition) is 4. The van der Waals surface area contributed by atoms with Gasteiger partial charge in [0.05, 0.1) is 22.3 Å². The summed E-state index contributed by atoms with van der Waals surface area (Å²) >= 11 is 6.28. The van der Waals surface area contributed by atoms with E-state index in [9.17, 15) is 4.79 Å². The monoisotopic (exact) mass is 344 g/mol. The van der Waals surface area contributed by atoms with Crippen LogP contribution >= 0.6 is 11.6 Å². The van der Waals surface area contributed by atoms with Crippen LogP contribution in [0.1, 0.15) is 47.3 Å². The Bertz CT molecular complexity index is 814. The van der Waals surface area contributed by atoms with Crippen LogP contribution in [-0.2, 0) is 12.8 Å². The first-order chi connectivity index (χ1) is 11.6. The summed E-state index contributed by atoms with van der Waals surface area (Å²) in [6.45, 7) is 2.93. The number of aromatic nitrogens is 2. The van der Waals surface area contributed by atoms with Gasteiger partial charge in [-0.1, -0.05) is 30.7 Å². The smallest absolute Gasteiger partial charge is 0.254 e. The average Bonchev–Trinajstić information content (AvgIpc) is 2.90. The van der Waals surface area contributed by atoms with E-state index >= 15 is 0 Å². The lowest BCUT2D eigenvalue weighted by atomic mass is 9.87. The van der Waals surface area contributed by atoms with E-state index in [2.05, 4.69) is 17.3 Å². The van der Waals surface area contributed by atoms with Crippen LogP contribution in [0.15, 0.2) is 18.2 Å². The summed E-state index contributed by atoms with van der Waals surface area (Å²) in [5.74, 6) is 0.822. The lowest BCUT2D eigenvalue weighted by Crippen LogP contribution is -2.29. The van der Waals surface area contributed by atoms with Crippen LogP contribution in [0.2, 0.25) is 5.02 Å². The molecule has 2 heterocycles. The number of anilines is 2. The minimum atomic E-state index is -0.236. The second kappa shape index (κ2) is 5.81. The molecule has 2 unspecified atom stereocenters. The van der Waals surface area contributed by atoms with E-state index in [0.717, 1.165) is 54.7 Å². The molecule has 24 heavy (non-hydrogen) atoms. The lowest BCUT2D eigenvalue weighted by molar-refractivity contribution is 0.0851. The second-order valence-corrected chi connectivity index (χ2v) is 7.29. The summed E-state index contributed by atoms with van der Waals surface area (Å²) in [6.07, 6.45) is 3.60. The number of nitrogens with zero attached hydrogens (tertiary/aromatic N) is 2. The number of fused-ring (bicyclic) bond motifs is 2. The number of halogens is 1. The fourth-order valence-corrected chi connectivity index (χ4v) is 4.16. The highest BCUT2D eigenvalue weighted by Crippen LogP contribution is 2.38. The zero-order chi connectivity index (χ0) is 16.8. The van der Waals surface area contributed by atoms with E-state index in [0.29, 0.717) is 16.8 Å². The van der Waals surface area contributed by atoms with Crippen LogP contribution in [0.25, 0.3) is 0 Å². The molecule has 1 aromatic heterocycles. The molecule has 0 saturated carbocycles. The van der Waals surface area contributed by atoms with Crippen LogP contribution in [0.4, 0.5) is 11.5 Å². The molecule has 126 valence electrons. The van der Waals surface area contributed by atoms with E-state index < -0.39 is 0 Å². The van der Waals surface area contributed by atoms with Crippen molar-refractivity contribution >= 4 is 29.0 Å². The average molecular weight is 345 g/mol. The molecule has 0 radical (unpaired) electrons. The van der Waals surface area contributed by atoms with Gasteiger partial charge in [-0.25, -0.2) is 4.68 Å². The van der Waals surface area contributed by atoms with Gasteiger partial charge in [0, 0.05) is 12.1 Å². The van der Waals surface area contributed by atoms with Crippen LogP contribution in [0.3, 0.4) is 0 Å². The molecule has 0 spiro atoms. The number of carbonyl (C=O) groups is 1. The van der Waals surface area contributed by atoms with Gasteiger partial charge >= 0.3 is 0 Å². The molecule has 5 nitrogen and oxygen atoms in total. The standard InChI is InChI=1S/C18H21ClN4O/c1-10-5-6-13-15(9-10)23(22-17(13)20)18(24)12-7-8-21-16-11(12)3-2-4-14(16)19/h2-4,10,12,21H,5-9H2,1H3,(H2,20,22). The van der Waals surface area contributed by atoms with E-state index in [1.807, 2.05) is 18.2 Å². The van der Waals surface area contributed by atoms with Crippen LogP contribution < -0.4 is 11.1 Å². The summed E-state index contributed by atoms with van der Waals surface area (Å²) in [4.78, 5) is 13.2. The van der Waals surface area contributed by atoms with E-state index in [1.54, 1.807) is 4.68 Å². The van der Waals surface area contributed by atoms with Gasteiger partial charge in [0.2, 0.25) is 0 Å². The Morgan fingerprint density at radius 2 is 2.25 bits per heavy atom. The fraction of sp³-hybridized carbons (Fsp3) is 0.444. The molecule has 2 aromatic rings. The number of nitrogen functional groups attached to an aromatic ring is 1. The molecule has 0 amide bonds. The topological polar surface area (TPSA) is 72.9 Å². The summed E-state index contributed by atoms with van der Waals surface area (Å²) < 4.78 is 1.57. The molecule has 2 atom stereocenters. The molecule has 4 rings (SSSR count). The van der Waals surface area contributed by atoms with Gasteiger partial charge in [0.15, 0.2) is 0 Å². The lowest BCUT2D eigenvalue weighted by Gasteiger charge is -2.27. The Morgan fingerprint density at radius 1 is 1.42 bits per heavy atom. The number of benzene rings is 1. The maximum atomic E-state index is 13.2. The molecule has 6 heteroatoms. The van der Waals surface area contributed by atoms with Crippen molar-refractivity contribution in [3.8, 4) is 0 Å². The number of hydrogen-bond donors (Lipinski definition) is 2. The zero-order valence-corrected chi connectivity index (χ0v) is 14.4. The predicted molar refractivity (Wildman–Crippen MR) is 95.8 cm³/mol. The first-order valence-corrected chi connectivity index (χ1v) is 8.86. The first kappa shape index (κ1) is 15.5. The van der Waals surface area contributed by atoms with Gasteiger partial charge in [0.25, 0.3) is 5.91 Å². The number of nitrogens with one attached hydrogen (secondary N) is 1. The van der Waals surface area contributed by atoms with Crippen LogP contribution in [0.5, 0.6) is 0 Å². The van der Waals surface area contributed by atoms with Crippen molar-refractivity contribution in [3.63, 3.8) is 0 Å². The molecule has 1 aromatic carbocycles. The minimum absolute atomic E-state index is 0.00191. The Morgan fingerprint density at radius 3 is 3.08 bits per heavy atom. The third kappa shape index (κ3) is 2.38. The van der Waals surface area contributed by atoms with Gasteiger partial charge in [-0.15, -0.1) is 5.10 Å². The predicted octanol–water partition coefficient (Wildman–Crippen LogP) is 3.48. The number of carbonyl (C=O) groups excluding carboxylic acids is 1. The molecule has 1 aliphatic carbocycles. The van der Waals surface area contributed by atoms with Gasteiger partial charge in [-0.3, -0.25) is 4.79 Å². The molecular formula is C18H21ClN4O. The normalized spacial score (nSPS) is 22.4. The van der Waals surface area contributed by atoms with Crippen molar-refractivity contribution < 1.29 is 4.79 Å². The Kier molecular flexibility index (Phi) is 3.76. The molecule has 3 N–H and O–H groups in total. The Hall–Kier alpha value is -2.01. The summed E-state index contributed by atoms with van der Waals surface area (Å²) in [5.41, 5.74) is 9.95. The van der Waals surface area contributed by atoms with Gasteiger partial charge in [0.1, 0.15) is 5.82 Å². The molecule has 1 aliphatic heterocycles. The Balaban J connectivity index is 1.75. The maximum Gasteiger partial charge on any atom is 0.254 e. The van der Waals surface area contributed by atoms with Crippen LogP contribution in [-0.4, -0.2) is 22.2 Å². The third-order valence-corrected chi connectivity index (χ3v) is 5.53. The molecule has 0 bridgehead atoms. The van der Waals surface area contributed by atoms with Gasteiger partial charge in [-0.2, -0.15) is 0 Å². The summed E-state index contributed by atoms with van der Waals surface area (Å²) in [5, 5.41) is 8.35. The molecule has 0 fully saturated rings. The maximum absolute atomic E-state index is 13.2. The van der Waals surface area contributed by atoms with Crippen molar-refractivity contribution in [2.24, 2.45) is 5.92 Å². The van der Waals surface area contributed by atoms with Crippen molar-refractivity contribution in [1.82, 2.24) is 9.78 Å². The first-order valence-electron chi connectivity index (χ1n) is 8.49. The van der Waals surface area contributed by atoms with E-state index in [4.69, 9.17) is 17.3 Å². The zero-order valence-electron chi connectivity index (χ0n) is 13.7. The molecule has 2 aliphatic rings. The number of rotatable bonds is 1. The van der Waals surface area contributed by atoms with E-state index in [-0.39, 0.29) is 11.8 Å². The van der Waals surface area contributed by atoms with E-state index in [1.165, 1.54) is 0 Å². The SMILES string of the molecule is CC1CCc2c(N)nn(C(=O)C3CCNc4c(Cl)cccc43)c2C1. The molecular weight excluding hydrogens is 324 g/mol. The third-order valence-electron chi connectivity index (χ3n) is 5.21. The van der Waals surface area contributed by atoms with Crippen molar-refractivity contribution in [2.45, 2.75) is 38.5 Å². The van der Waals surface area contributed by atoms with Gasteiger partial charge in [-0.05, 0) is 43.2 Å². The van der Waals surface area contributed by atoms with Crippen molar-refractivity contribution in [2.75, 3.05) is 17.6 Å². The highest BCUT2D eigenvalue weighted by molar-refractivity contribution is 6.33. The quantitative estimate of drug-likeness (QED) is 0.830. The van der Waals surface area contributed by atoms with Crippen LogP contribution in [0, 0.1) is 5.92 Å². The highest BCUT2D eigenvalue weighted by atomic mass is 35.5. The largest absolute Gasteiger partial charge is 0.384 e. The second-order valence-electron chi connectivity index (χ2n) is 6.88. The molecule has 0 saturated heterocycles. The van der Waals surface area contributed by atoms with Gasteiger partial charge < -0.3 is 11.1 Å². The highest BCUT2D eigenvalue weighted by Gasteiger charge is 2.33. The summed E-state index contributed by atoms with van der Waals surface area (Å²) in [6, 6.07) is 5.71. The fourth-order valence-electron chi connectivity index (χ4n) is 3.91. The summed E-state index contributed by atoms with van der Waals surface area (Å²) in [7, 11) is 0. The number of para-hydroxylation sites is 1. The minimum Gasteiger partial charge on any atom is -0.384 e. The van der Waals surface area contributed by atoms with Crippen molar-refractivity contribution in [3.05, 3.63) is 40.0 Å².